The Morgan fingerprint density at radius 1 is 1.20 bits per heavy atom. The molecule has 0 bridgehead atoms. The highest BCUT2D eigenvalue weighted by molar-refractivity contribution is 7.71. The second kappa shape index (κ2) is 6.90. The molecule has 6 nitrogen and oxygen atoms in total. The number of methoxy groups -OCH3 is 1. The lowest BCUT2D eigenvalue weighted by molar-refractivity contribution is 0.0784. The third-order valence-corrected chi connectivity index (χ3v) is 4.14. The van der Waals surface area contributed by atoms with E-state index in [9.17, 15) is 9.59 Å². The van der Waals surface area contributed by atoms with Gasteiger partial charge in [0.25, 0.3) is 11.5 Å². The van der Waals surface area contributed by atoms with E-state index in [1.54, 1.807) is 37.3 Å². The van der Waals surface area contributed by atoms with E-state index in [2.05, 4.69) is 9.97 Å². The number of nitrogens with one attached hydrogen (secondary N) is 2. The summed E-state index contributed by atoms with van der Waals surface area (Å²) in [5.41, 5.74) is 1.64. The highest BCUT2D eigenvalue weighted by Crippen LogP contribution is 2.20. The van der Waals surface area contributed by atoms with Gasteiger partial charge in [-0.25, -0.2) is 0 Å². The first-order chi connectivity index (χ1) is 12.0. The molecule has 0 unspecified atom stereocenters. The molecular formula is C18H17N3O3S. The number of aromatic nitrogens is 2. The van der Waals surface area contributed by atoms with Gasteiger partial charge in [-0.05, 0) is 36.5 Å². The highest BCUT2D eigenvalue weighted by Gasteiger charge is 2.15. The molecule has 1 heterocycles. The van der Waals surface area contributed by atoms with Gasteiger partial charge in [0.05, 0.1) is 18.0 Å². The van der Waals surface area contributed by atoms with Crippen LogP contribution < -0.4 is 10.3 Å². The standard InChI is InChI=1S/C18H17N3O3S/c1-21(10-12-5-3-4-6-15(12)24-2)17(23)11-7-8-13-14(9-11)19-18(25)20-16(13)22/h3-9H,10H2,1-2H3,(H2,19,20,22,25). The van der Waals surface area contributed by atoms with E-state index < -0.39 is 0 Å². The second-order valence-corrected chi connectivity index (χ2v) is 6.05. The lowest BCUT2D eigenvalue weighted by Crippen LogP contribution is -2.26. The van der Waals surface area contributed by atoms with E-state index in [0.29, 0.717) is 23.0 Å². The summed E-state index contributed by atoms with van der Waals surface area (Å²) in [6.45, 7) is 0.409. The van der Waals surface area contributed by atoms with Gasteiger partial charge in [0.2, 0.25) is 0 Å². The largest absolute Gasteiger partial charge is 0.496 e. The first-order valence-corrected chi connectivity index (χ1v) is 8.04. The van der Waals surface area contributed by atoms with Gasteiger partial charge >= 0.3 is 0 Å². The maximum atomic E-state index is 12.7. The van der Waals surface area contributed by atoms with Crippen molar-refractivity contribution in [3.05, 3.63) is 68.7 Å². The number of aromatic amines is 2. The smallest absolute Gasteiger partial charge is 0.259 e. The monoisotopic (exact) mass is 355 g/mol. The number of ether oxygens (including phenoxy) is 1. The molecule has 0 aliphatic rings. The van der Waals surface area contributed by atoms with Gasteiger partial charge in [-0.3, -0.25) is 14.6 Å². The van der Waals surface area contributed by atoms with Gasteiger partial charge in [0.1, 0.15) is 5.75 Å². The summed E-state index contributed by atoms with van der Waals surface area (Å²) in [7, 11) is 3.32. The van der Waals surface area contributed by atoms with Crippen LogP contribution in [0.5, 0.6) is 5.75 Å². The van der Waals surface area contributed by atoms with Gasteiger partial charge in [-0.15, -0.1) is 0 Å². The Labute approximate surface area is 149 Å². The zero-order chi connectivity index (χ0) is 18.0. The molecule has 3 rings (SSSR count). The Hall–Kier alpha value is -2.93. The summed E-state index contributed by atoms with van der Waals surface area (Å²) in [5, 5.41) is 0.456. The Kier molecular flexibility index (Phi) is 4.67. The van der Waals surface area contributed by atoms with E-state index in [4.69, 9.17) is 17.0 Å². The van der Waals surface area contributed by atoms with Crippen molar-refractivity contribution in [2.45, 2.75) is 6.54 Å². The van der Waals surface area contributed by atoms with Gasteiger partial charge in [0, 0.05) is 24.7 Å². The molecule has 0 aliphatic carbocycles. The molecule has 128 valence electrons. The lowest BCUT2D eigenvalue weighted by atomic mass is 10.1. The van der Waals surface area contributed by atoms with Crippen molar-refractivity contribution in [3.63, 3.8) is 0 Å². The fourth-order valence-corrected chi connectivity index (χ4v) is 2.89. The number of nitrogens with zero attached hydrogens (tertiary/aromatic N) is 1. The molecule has 0 spiro atoms. The highest BCUT2D eigenvalue weighted by atomic mass is 32.1. The van der Waals surface area contributed by atoms with Crippen molar-refractivity contribution in [3.8, 4) is 5.75 Å². The molecule has 0 saturated heterocycles. The summed E-state index contributed by atoms with van der Waals surface area (Å²) in [4.78, 5) is 31.6. The zero-order valence-electron chi connectivity index (χ0n) is 13.8. The average Bonchev–Trinajstić information content (AvgIpc) is 2.60. The molecule has 1 amide bonds. The third-order valence-electron chi connectivity index (χ3n) is 3.93. The number of amides is 1. The third kappa shape index (κ3) is 3.46. The van der Waals surface area contributed by atoms with Crippen molar-refractivity contribution in [2.24, 2.45) is 0 Å². The van der Waals surface area contributed by atoms with Crippen LogP contribution in [0, 0.1) is 4.77 Å². The first-order valence-electron chi connectivity index (χ1n) is 7.63. The molecule has 1 aromatic heterocycles. The van der Waals surface area contributed by atoms with Gasteiger partial charge < -0.3 is 14.6 Å². The quantitative estimate of drug-likeness (QED) is 0.706. The Morgan fingerprint density at radius 2 is 1.96 bits per heavy atom. The zero-order valence-corrected chi connectivity index (χ0v) is 14.6. The summed E-state index contributed by atoms with van der Waals surface area (Å²) in [5.74, 6) is 0.573. The fraction of sp³-hybridized carbons (Fsp3) is 0.167. The fourth-order valence-electron chi connectivity index (χ4n) is 2.68. The Morgan fingerprint density at radius 3 is 2.72 bits per heavy atom. The number of rotatable bonds is 4. The predicted octanol–water partition coefficient (Wildman–Crippen LogP) is 2.87. The van der Waals surface area contributed by atoms with Crippen LogP contribution in [-0.2, 0) is 6.54 Å². The van der Waals surface area contributed by atoms with Crippen LogP contribution >= 0.6 is 12.2 Å². The second-order valence-electron chi connectivity index (χ2n) is 5.64. The maximum absolute atomic E-state index is 12.7. The summed E-state index contributed by atoms with van der Waals surface area (Å²) >= 11 is 4.98. The predicted molar refractivity (Wildman–Crippen MR) is 98.5 cm³/mol. The van der Waals surface area contributed by atoms with Crippen LogP contribution in [0.1, 0.15) is 15.9 Å². The number of benzene rings is 2. The average molecular weight is 355 g/mol. The van der Waals surface area contributed by atoms with E-state index in [0.717, 1.165) is 11.3 Å². The van der Waals surface area contributed by atoms with E-state index in [1.807, 2.05) is 24.3 Å². The molecule has 25 heavy (non-hydrogen) atoms. The summed E-state index contributed by atoms with van der Waals surface area (Å²) < 4.78 is 5.55. The molecule has 2 aromatic carbocycles. The van der Waals surface area contributed by atoms with E-state index in [-0.39, 0.29) is 16.2 Å². The van der Waals surface area contributed by atoms with Crippen LogP contribution in [0.15, 0.2) is 47.3 Å². The number of para-hydroxylation sites is 1. The van der Waals surface area contributed by atoms with Crippen molar-refractivity contribution in [1.82, 2.24) is 14.9 Å². The SMILES string of the molecule is COc1ccccc1CN(C)C(=O)c1ccc2c(=O)[nH]c(=S)[nH]c2c1. The van der Waals surface area contributed by atoms with Crippen molar-refractivity contribution < 1.29 is 9.53 Å². The molecule has 7 heteroatoms. The number of hydrogen-bond donors (Lipinski definition) is 2. The van der Waals surface area contributed by atoms with E-state index >= 15 is 0 Å². The summed E-state index contributed by atoms with van der Waals surface area (Å²) in [6, 6.07) is 12.4. The maximum Gasteiger partial charge on any atom is 0.259 e. The van der Waals surface area contributed by atoms with Gasteiger partial charge in [0.15, 0.2) is 4.77 Å². The Balaban J connectivity index is 1.91. The normalized spacial score (nSPS) is 10.6. The summed E-state index contributed by atoms with van der Waals surface area (Å²) in [6.07, 6.45) is 0. The van der Waals surface area contributed by atoms with Crippen molar-refractivity contribution in [2.75, 3.05) is 14.2 Å². The number of carbonyl (C=O) groups excluding carboxylic acids is 1. The van der Waals surface area contributed by atoms with Crippen LogP contribution in [0.2, 0.25) is 0 Å². The van der Waals surface area contributed by atoms with Gasteiger partial charge in [-0.2, -0.15) is 0 Å². The van der Waals surface area contributed by atoms with Crippen LogP contribution in [0.3, 0.4) is 0 Å². The minimum Gasteiger partial charge on any atom is -0.496 e. The van der Waals surface area contributed by atoms with E-state index in [1.165, 1.54) is 0 Å². The van der Waals surface area contributed by atoms with Crippen LogP contribution in [0.4, 0.5) is 0 Å². The number of H-pyrrole nitrogens is 2. The number of hydrogen-bond acceptors (Lipinski definition) is 4. The minimum atomic E-state index is -0.278. The molecule has 0 aliphatic heterocycles. The lowest BCUT2D eigenvalue weighted by Gasteiger charge is -2.19. The van der Waals surface area contributed by atoms with Crippen LogP contribution in [-0.4, -0.2) is 34.9 Å². The molecule has 0 radical (unpaired) electrons. The van der Waals surface area contributed by atoms with Crippen molar-refractivity contribution in [1.29, 1.82) is 0 Å². The number of fused-ring (bicyclic) bond motifs is 1. The molecule has 3 aromatic rings. The topological polar surface area (TPSA) is 78.2 Å². The Bertz CT molecular complexity index is 1060. The number of carbonyl (C=O) groups is 1. The van der Waals surface area contributed by atoms with Gasteiger partial charge in [-0.1, -0.05) is 18.2 Å². The molecule has 2 N–H and O–H groups in total. The van der Waals surface area contributed by atoms with Crippen LogP contribution in [0.25, 0.3) is 10.9 Å². The first kappa shape index (κ1) is 16.9. The van der Waals surface area contributed by atoms with Crippen molar-refractivity contribution >= 4 is 29.0 Å². The molecule has 0 fully saturated rings. The minimum absolute atomic E-state index is 0.160. The molecular weight excluding hydrogens is 338 g/mol. The molecule has 0 saturated carbocycles. The molecule has 0 atom stereocenters.